The highest BCUT2D eigenvalue weighted by atomic mass is 19.4. The molecule has 0 aromatic heterocycles. The number of nitrogens with zero attached hydrogens (tertiary/aromatic N) is 1. The summed E-state index contributed by atoms with van der Waals surface area (Å²) < 4.78 is 38.5. The van der Waals surface area contributed by atoms with Gasteiger partial charge in [-0.25, -0.2) is 0 Å². The Bertz CT molecular complexity index is 731. The van der Waals surface area contributed by atoms with Crippen molar-refractivity contribution >= 4 is 5.91 Å². The number of nitrogens with one attached hydrogen (secondary N) is 2. The fourth-order valence-electron chi connectivity index (χ4n) is 3.46. The number of alkyl halides is 3. The van der Waals surface area contributed by atoms with Crippen LogP contribution in [-0.2, 0) is 11.0 Å². The number of allylic oxidation sites excluding steroid dienone is 1. The average Bonchev–Trinajstić information content (AvgIpc) is 2.61. The predicted molar refractivity (Wildman–Crippen MR) is 92.7 cm³/mol. The van der Waals surface area contributed by atoms with E-state index in [1.807, 2.05) is 4.90 Å². The van der Waals surface area contributed by atoms with E-state index in [0.717, 1.165) is 31.4 Å². The molecule has 2 aliphatic heterocycles. The quantitative estimate of drug-likeness (QED) is 0.840. The topological polar surface area (TPSA) is 44.4 Å². The van der Waals surface area contributed by atoms with Gasteiger partial charge in [0.1, 0.15) is 0 Å². The molecule has 2 N–H and O–H groups in total. The average molecular weight is 365 g/mol. The van der Waals surface area contributed by atoms with Crippen molar-refractivity contribution in [2.75, 3.05) is 13.1 Å². The van der Waals surface area contributed by atoms with Crippen LogP contribution in [0, 0.1) is 0 Å². The van der Waals surface area contributed by atoms with Crippen LogP contribution < -0.4 is 10.6 Å². The van der Waals surface area contributed by atoms with Crippen LogP contribution in [0.15, 0.2) is 47.9 Å². The number of rotatable bonds is 2. The Kier molecular flexibility index (Phi) is 4.98. The maximum atomic E-state index is 13.1. The summed E-state index contributed by atoms with van der Waals surface area (Å²) >= 11 is 0. The lowest BCUT2D eigenvalue weighted by molar-refractivity contribution is -0.137. The summed E-state index contributed by atoms with van der Waals surface area (Å²) in [4.78, 5) is 14.9. The third-order valence-corrected chi connectivity index (χ3v) is 4.79. The van der Waals surface area contributed by atoms with Gasteiger partial charge in [0.2, 0.25) is 0 Å². The van der Waals surface area contributed by atoms with E-state index in [-0.39, 0.29) is 5.91 Å². The summed E-state index contributed by atoms with van der Waals surface area (Å²) in [6.45, 7) is 7.04. The molecule has 0 radical (unpaired) electrons. The predicted octanol–water partition coefficient (Wildman–Crippen LogP) is 3.70. The summed E-state index contributed by atoms with van der Waals surface area (Å²) in [6, 6.07) is 4.38. The number of benzene rings is 1. The standard InChI is InChI=1S/C19H22F3N3O/c1-12-16(18(26)25-10-4-3-5-11-25)17(24-13(2)23-12)14-6-8-15(9-7-14)19(20,21)22/h6-9,17,23-24H,2-5,10-11H2,1H3. The Morgan fingerprint density at radius 1 is 1.15 bits per heavy atom. The molecule has 1 fully saturated rings. The summed E-state index contributed by atoms with van der Waals surface area (Å²) in [5.74, 6) is 0.433. The maximum absolute atomic E-state index is 13.1. The van der Waals surface area contributed by atoms with Crippen molar-refractivity contribution in [3.8, 4) is 0 Å². The molecule has 2 heterocycles. The first-order chi connectivity index (χ1) is 12.3. The zero-order chi connectivity index (χ0) is 18.9. The Morgan fingerprint density at radius 3 is 2.35 bits per heavy atom. The summed E-state index contributed by atoms with van der Waals surface area (Å²) in [5, 5.41) is 6.13. The van der Waals surface area contributed by atoms with Gasteiger partial charge in [0.25, 0.3) is 5.91 Å². The first-order valence-electron chi connectivity index (χ1n) is 8.67. The lowest BCUT2D eigenvalue weighted by Gasteiger charge is -2.35. The van der Waals surface area contributed by atoms with E-state index in [2.05, 4.69) is 17.2 Å². The number of piperidine rings is 1. The van der Waals surface area contributed by atoms with E-state index < -0.39 is 17.8 Å². The summed E-state index contributed by atoms with van der Waals surface area (Å²) in [5.41, 5.74) is 1.09. The van der Waals surface area contributed by atoms with Crippen LogP contribution >= 0.6 is 0 Å². The lowest BCUT2D eigenvalue weighted by atomic mass is 9.93. The van der Waals surface area contributed by atoms with Gasteiger partial charge in [0.15, 0.2) is 0 Å². The Hall–Kier alpha value is -2.44. The number of hydrogen-bond donors (Lipinski definition) is 2. The normalized spacial score (nSPS) is 21.3. The Morgan fingerprint density at radius 2 is 1.77 bits per heavy atom. The minimum atomic E-state index is -4.39. The number of carbonyl (C=O) groups excluding carboxylic acids is 1. The van der Waals surface area contributed by atoms with Crippen LogP contribution in [-0.4, -0.2) is 23.9 Å². The molecule has 3 rings (SSSR count). The minimum absolute atomic E-state index is 0.0837. The first-order valence-corrected chi connectivity index (χ1v) is 8.67. The molecule has 26 heavy (non-hydrogen) atoms. The fourth-order valence-corrected chi connectivity index (χ4v) is 3.46. The van der Waals surface area contributed by atoms with Crippen LogP contribution in [0.3, 0.4) is 0 Å². The fraction of sp³-hybridized carbons (Fsp3) is 0.421. The Balaban J connectivity index is 1.93. The van der Waals surface area contributed by atoms with Crippen molar-refractivity contribution in [3.05, 3.63) is 59.1 Å². The van der Waals surface area contributed by atoms with E-state index in [9.17, 15) is 18.0 Å². The molecule has 1 saturated heterocycles. The van der Waals surface area contributed by atoms with E-state index in [4.69, 9.17) is 0 Å². The van der Waals surface area contributed by atoms with Gasteiger partial charge in [-0.15, -0.1) is 0 Å². The second-order valence-electron chi connectivity index (χ2n) is 6.69. The van der Waals surface area contributed by atoms with Gasteiger partial charge in [0, 0.05) is 18.8 Å². The third-order valence-electron chi connectivity index (χ3n) is 4.79. The van der Waals surface area contributed by atoms with Crippen LogP contribution in [0.25, 0.3) is 0 Å². The molecule has 1 amide bonds. The van der Waals surface area contributed by atoms with E-state index in [1.54, 1.807) is 6.92 Å². The minimum Gasteiger partial charge on any atom is -0.361 e. The molecular formula is C19H22F3N3O. The maximum Gasteiger partial charge on any atom is 0.416 e. The van der Waals surface area contributed by atoms with Crippen LogP contribution in [0.4, 0.5) is 13.2 Å². The molecular weight excluding hydrogens is 343 g/mol. The van der Waals surface area contributed by atoms with Crippen molar-refractivity contribution in [3.63, 3.8) is 0 Å². The van der Waals surface area contributed by atoms with E-state index in [0.29, 0.717) is 35.7 Å². The van der Waals surface area contributed by atoms with Crippen LogP contribution in [0.2, 0.25) is 0 Å². The number of carbonyl (C=O) groups is 1. The number of amides is 1. The zero-order valence-corrected chi connectivity index (χ0v) is 14.6. The number of likely N-dealkylation sites (tertiary alicyclic amines) is 1. The highest BCUT2D eigenvalue weighted by Gasteiger charge is 2.34. The van der Waals surface area contributed by atoms with Gasteiger partial charge in [-0.2, -0.15) is 13.2 Å². The van der Waals surface area contributed by atoms with Crippen LogP contribution in [0.5, 0.6) is 0 Å². The lowest BCUT2D eigenvalue weighted by Crippen LogP contribution is -2.44. The smallest absolute Gasteiger partial charge is 0.361 e. The second kappa shape index (κ2) is 7.05. The first kappa shape index (κ1) is 18.4. The van der Waals surface area contributed by atoms with Gasteiger partial charge in [-0.3, -0.25) is 4.79 Å². The number of halogens is 3. The SMILES string of the molecule is C=C1NC(C)=C(C(=O)N2CCCCC2)C(c2ccc(C(F)(F)F)cc2)N1. The van der Waals surface area contributed by atoms with E-state index in [1.165, 1.54) is 12.1 Å². The molecule has 1 aromatic rings. The van der Waals surface area contributed by atoms with Crippen LogP contribution in [0.1, 0.15) is 43.4 Å². The molecule has 1 aromatic carbocycles. The zero-order valence-electron chi connectivity index (χ0n) is 14.6. The van der Waals surface area contributed by atoms with Crippen molar-refractivity contribution in [1.82, 2.24) is 15.5 Å². The van der Waals surface area contributed by atoms with Gasteiger partial charge >= 0.3 is 6.18 Å². The molecule has 140 valence electrons. The number of hydrogen-bond acceptors (Lipinski definition) is 3. The molecule has 0 bridgehead atoms. The Labute approximate surface area is 150 Å². The largest absolute Gasteiger partial charge is 0.416 e. The third kappa shape index (κ3) is 3.71. The van der Waals surface area contributed by atoms with Crippen molar-refractivity contribution < 1.29 is 18.0 Å². The van der Waals surface area contributed by atoms with Gasteiger partial charge in [0.05, 0.1) is 23.0 Å². The van der Waals surface area contributed by atoms with Gasteiger partial charge in [-0.05, 0) is 43.9 Å². The summed E-state index contributed by atoms with van der Waals surface area (Å²) in [6.07, 6.45) is -1.34. The van der Waals surface area contributed by atoms with E-state index >= 15 is 0 Å². The summed E-state index contributed by atoms with van der Waals surface area (Å²) in [7, 11) is 0. The second-order valence-corrected chi connectivity index (χ2v) is 6.69. The van der Waals surface area contributed by atoms with Gasteiger partial charge < -0.3 is 15.5 Å². The van der Waals surface area contributed by atoms with Gasteiger partial charge in [-0.1, -0.05) is 18.7 Å². The molecule has 0 saturated carbocycles. The monoisotopic (exact) mass is 365 g/mol. The molecule has 1 unspecified atom stereocenters. The van der Waals surface area contributed by atoms with Crippen molar-refractivity contribution in [1.29, 1.82) is 0 Å². The van der Waals surface area contributed by atoms with Crippen molar-refractivity contribution in [2.24, 2.45) is 0 Å². The molecule has 0 aliphatic carbocycles. The molecule has 0 spiro atoms. The highest BCUT2D eigenvalue weighted by Crippen LogP contribution is 2.33. The molecule has 2 aliphatic rings. The molecule has 7 heteroatoms. The molecule has 4 nitrogen and oxygen atoms in total. The van der Waals surface area contributed by atoms with Crippen molar-refractivity contribution in [2.45, 2.75) is 38.4 Å². The molecule has 1 atom stereocenters. The highest BCUT2D eigenvalue weighted by molar-refractivity contribution is 5.96.